The molecule has 2 aromatic carbocycles. The van der Waals surface area contributed by atoms with Crippen molar-refractivity contribution in [2.75, 3.05) is 9.80 Å². The average Bonchev–Trinajstić information content (AvgIpc) is 3.19. The van der Waals surface area contributed by atoms with Crippen LogP contribution in [0.25, 0.3) is 0 Å². The van der Waals surface area contributed by atoms with Crippen LogP contribution in [-0.4, -0.2) is 23.6 Å². The molecule has 2 bridgehead atoms. The first-order valence-electron chi connectivity index (χ1n) is 11.3. The summed E-state index contributed by atoms with van der Waals surface area (Å²) in [4.78, 5) is 56.5. The van der Waals surface area contributed by atoms with Gasteiger partial charge in [-0.3, -0.25) is 19.2 Å². The van der Waals surface area contributed by atoms with Gasteiger partial charge in [-0.15, -0.1) is 0 Å². The van der Waals surface area contributed by atoms with E-state index in [9.17, 15) is 19.2 Å². The molecule has 0 radical (unpaired) electrons. The van der Waals surface area contributed by atoms with Gasteiger partial charge in [0.25, 0.3) is 0 Å². The summed E-state index contributed by atoms with van der Waals surface area (Å²) in [5.74, 6) is -3.98. The summed E-state index contributed by atoms with van der Waals surface area (Å²) >= 11 is 12.6. The minimum absolute atomic E-state index is 0.145. The van der Waals surface area contributed by atoms with E-state index in [1.54, 1.807) is 48.5 Å². The highest BCUT2D eigenvalue weighted by Gasteiger charge is 2.75. The van der Waals surface area contributed by atoms with Crippen LogP contribution in [-0.2, 0) is 19.2 Å². The first-order chi connectivity index (χ1) is 16.4. The van der Waals surface area contributed by atoms with E-state index in [2.05, 4.69) is 0 Å². The fourth-order valence-electron chi connectivity index (χ4n) is 7.34. The third-order valence-corrected chi connectivity index (χ3v) is 9.17. The molecule has 4 fully saturated rings. The summed E-state index contributed by atoms with van der Waals surface area (Å²) in [6.07, 6.45) is 3.97. The van der Waals surface area contributed by atoms with Crippen molar-refractivity contribution in [3.63, 3.8) is 0 Å². The lowest BCUT2D eigenvalue weighted by atomic mass is 9.40. The second-order valence-corrected chi connectivity index (χ2v) is 10.5. The van der Waals surface area contributed by atoms with Gasteiger partial charge in [0.2, 0.25) is 23.6 Å². The molecule has 170 valence electrons. The molecule has 2 aliphatic heterocycles. The Hall–Kier alpha value is -2.96. The van der Waals surface area contributed by atoms with Crippen LogP contribution >= 0.6 is 23.2 Å². The summed E-state index contributed by atoms with van der Waals surface area (Å²) in [5.41, 5.74) is 0.778. The Balaban J connectivity index is 1.27. The Morgan fingerprint density at radius 3 is 1.26 bits per heavy atom. The molecule has 8 rings (SSSR count). The first kappa shape index (κ1) is 20.4. The molecule has 0 N–H and O–H groups in total. The number of nitrogens with zero attached hydrogens (tertiary/aromatic N) is 2. The summed E-state index contributed by atoms with van der Waals surface area (Å²) in [6.45, 7) is 0. The zero-order chi connectivity index (χ0) is 23.5. The van der Waals surface area contributed by atoms with Crippen LogP contribution in [0.3, 0.4) is 0 Å². The van der Waals surface area contributed by atoms with Crippen LogP contribution in [0.15, 0.2) is 60.7 Å². The van der Waals surface area contributed by atoms with E-state index >= 15 is 0 Å². The molecule has 2 heterocycles. The third kappa shape index (κ3) is 2.28. The lowest BCUT2D eigenvalue weighted by Crippen LogP contribution is -2.63. The molecule has 4 aliphatic carbocycles. The number of carbonyl (C=O) groups is 4. The van der Waals surface area contributed by atoms with Crippen molar-refractivity contribution in [1.82, 2.24) is 0 Å². The van der Waals surface area contributed by atoms with Gasteiger partial charge in [-0.2, -0.15) is 0 Å². The van der Waals surface area contributed by atoms with Gasteiger partial charge in [-0.05, 0) is 47.9 Å². The predicted molar refractivity (Wildman–Crippen MR) is 125 cm³/mol. The van der Waals surface area contributed by atoms with E-state index in [4.69, 9.17) is 23.2 Å². The maximum Gasteiger partial charge on any atom is 0.238 e. The summed E-state index contributed by atoms with van der Waals surface area (Å²) in [5, 5.41) is 0.677. The second-order valence-electron chi connectivity index (χ2n) is 9.72. The zero-order valence-corrected chi connectivity index (χ0v) is 19.2. The molecule has 0 aromatic heterocycles. The number of fused-ring (bicyclic) bond motifs is 1. The molecule has 8 atom stereocenters. The molecule has 34 heavy (non-hydrogen) atoms. The molecule has 2 saturated carbocycles. The fourth-order valence-corrected chi connectivity index (χ4v) is 7.78. The van der Waals surface area contributed by atoms with E-state index in [0.717, 1.165) is 0 Å². The lowest BCUT2D eigenvalue weighted by Gasteiger charge is -2.60. The standard InChI is InChI=1S/C26H18Cl2N2O4/c27-13-5-1-3-7-15(13)29-23(31)19-11-9-10-12(20(19)24(29)32)18-17(11)21-22(18)26(34)30(25(21)33)16-8-4-2-6-14(16)28/h1-12,17-22H/t11-,12+,17+,18-,19+,20-,21+,22-. The van der Waals surface area contributed by atoms with Gasteiger partial charge in [-0.1, -0.05) is 59.6 Å². The number of amides is 4. The number of carbonyl (C=O) groups excluding carboxylic acids is 4. The van der Waals surface area contributed by atoms with Crippen LogP contribution in [0.4, 0.5) is 11.4 Å². The van der Waals surface area contributed by atoms with Crippen LogP contribution in [0.2, 0.25) is 10.0 Å². The molecule has 4 amide bonds. The van der Waals surface area contributed by atoms with Gasteiger partial charge < -0.3 is 0 Å². The monoisotopic (exact) mass is 492 g/mol. The Morgan fingerprint density at radius 1 is 0.529 bits per heavy atom. The number of halogens is 2. The SMILES string of the molecule is O=C1[C@@H]2[C@H]3C=C[C@@H]([C@@H]2C(=O)N1c1ccccc1Cl)[C@@H]1[C@@H]2C(=O)N(c4ccccc4Cl)C(=O)[C@@H]2[C@H]31. The van der Waals surface area contributed by atoms with Crippen molar-refractivity contribution in [2.45, 2.75) is 0 Å². The molecule has 6 nitrogen and oxygen atoms in total. The van der Waals surface area contributed by atoms with Crippen LogP contribution in [0.5, 0.6) is 0 Å². The highest BCUT2D eigenvalue weighted by molar-refractivity contribution is 6.37. The van der Waals surface area contributed by atoms with E-state index in [1.165, 1.54) is 9.80 Å². The average molecular weight is 493 g/mol. The molecule has 6 aliphatic rings. The molecular formula is C26H18Cl2N2O4. The number of benzene rings is 2. The molecular weight excluding hydrogens is 475 g/mol. The van der Waals surface area contributed by atoms with Crippen molar-refractivity contribution in [1.29, 1.82) is 0 Å². The number of anilines is 2. The lowest BCUT2D eigenvalue weighted by molar-refractivity contribution is -0.166. The van der Waals surface area contributed by atoms with Crippen LogP contribution < -0.4 is 9.80 Å². The maximum absolute atomic E-state index is 13.6. The highest BCUT2D eigenvalue weighted by atomic mass is 35.5. The number of rotatable bonds is 2. The van der Waals surface area contributed by atoms with Crippen LogP contribution in [0.1, 0.15) is 0 Å². The molecule has 8 heteroatoms. The topological polar surface area (TPSA) is 74.8 Å². The van der Waals surface area contributed by atoms with Crippen molar-refractivity contribution in [2.24, 2.45) is 47.3 Å². The number of imide groups is 2. The van der Waals surface area contributed by atoms with Crippen molar-refractivity contribution in [3.8, 4) is 0 Å². The molecule has 2 aromatic rings. The molecule has 0 spiro atoms. The number of para-hydroxylation sites is 2. The van der Waals surface area contributed by atoms with Gasteiger partial charge >= 0.3 is 0 Å². The minimum atomic E-state index is -0.543. The Morgan fingerprint density at radius 2 is 0.882 bits per heavy atom. The van der Waals surface area contributed by atoms with Crippen molar-refractivity contribution < 1.29 is 19.2 Å². The van der Waals surface area contributed by atoms with E-state index in [-0.39, 0.29) is 47.3 Å². The van der Waals surface area contributed by atoms with Gasteiger partial charge in [0.15, 0.2) is 0 Å². The minimum Gasteiger partial charge on any atom is -0.274 e. The Kier molecular flexibility index (Phi) is 4.08. The van der Waals surface area contributed by atoms with Crippen LogP contribution in [0, 0.1) is 47.3 Å². The summed E-state index contributed by atoms with van der Waals surface area (Å²) in [6, 6.07) is 13.6. The number of allylic oxidation sites excluding steroid dienone is 2. The molecule has 2 saturated heterocycles. The Labute approximate surface area is 205 Å². The second kappa shape index (κ2) is 6.80. The van der Waals surface area contributed by atoms with Gasteiger partial charge in [0, 0.05) is 0 Å². The third-order valence-electron chi connectivity index (χ3n) is 8.53. The first-order valence-corrected chi connectivity index (χ1v) is 12.1. The smallest absolute Gasteiger partial charge is 0.238 e. The number of hydrogen-bond acceptors (Lipinski definition) is 4. The summed E-state index contributed by atoms with van der Waals surface area (Å²) < 4.78 is 0. The Bertz CT molecular complexity index is 1300. The van der Waals surface area contributed by atoms with E-state index in [0.29, 0.717) is 21.4 Å². The zero-order valence-electron chi connectivity index (χ0n) is 17.7. The van der Waals surface area contributed by atoms with Crippen molar-refractivity contribution in [3.05, 3.63) is 70.7 Å². The largest absolute Gasteiger partial charge is 0.274 e. The van der Waals surface area contributed by atoms with E-state index < -0.39 is 23.7 Å². The summed E-state index contributed by atoms with van der Waals surface area (Å²) in [7, 11) is 0. The quantitative estimate of drug-likeness (QED) is 0.469. The fraction of sp³-hybridized carbons (Fsp3) is 0.308. The van der Waals surface area contributed by atoms with Gasteiger partial charge in [-0.25, -0.2) is 9.80 Å². The van der Waals surface area contributed by atoms with E-state index in [1.807, 2.05) is 12.2 Å². The normalized spacial score (nSPS) is 37.1. The molecule has 0 unspecified atom stereocenters. The van der Waals surface area contributed by atoms with Crippen molar-refractivity contribution >= 4 is 58.2 Å². The maximum atomic E-state index is 13.6. The van der Waals surface area contributed by atoms with Gasteiger partial charge in [0.05, 0.1) is 45.1 Å². The highest BCUT2D eigenvalue weighted by Crippen LogP contribution is 2.68. The van der Waals surface area contributed by atoms with Gasteiger partial charge in [0.1, 0.15) is 0 Å². The number of hydrogen-bond donors (Lipinski definition) is 0. The predicted octanol–water partition coefficient (Wildman–Crippen LogP) is 3.97.